The van der Waals surface area contributed by atoms with Gasteiger partial charge in [0.25, 0.3) is 0 Å². The van der Waals surface area contributed by atoms with Crippen LogP contribution in [0, 0.1) is 0 Å². The highest BCUT2D eigenvalue weighted by Crippen LogP contribution is 2.24. The molecule has 6 heteroatoms. The lowest BCUT2D eigenvalue weighted by molar-refractivity contribution is -0.0914. The average Bonchev–Trinajstić information content (AvgIpc) is 2.70. The number of hydrogen-bond donors (Lipinski definition) is 1. The summed E-state index contributed by atoms with van der Waals surface area (Å²) in [6, 6.07) is 15.6. The number of benzene rings is 1. The number of aromatic nitrogens is 3. The van der Waals surface area contributed by atoms with Crippen LogP contribution in [0.5, 0.6) is 0 Å². The summed E-state index contributed by atoms with van der Waals surface area (Å²) < 4.78 is 10.4. The molecule has 25 heavy (non-hydrogen) atoms. The Kier molecular flexibility index (Phi) is 5.66. The molecule has 0 aliphatic heterocycles. The lowest BCUT2D eigenvalue weighted by Crippen LogP contribution is -2.24. The van der Waals surface area contributed by atoms with Crippen LogP contribution in [0.4, 0.5) is 5.82 Å². The van der Waals surface area contributed by atoms with Crippen molar-refractivity contribution in [1.29, 1.82) is 0 Å². The van der Waals surface area contributed by atoms with E-state index in [9.17, 15) is 0 Å². The quantitative estimate of drug-likeness (QED) is 0.668. The molecule has 0 unspecified atom stereocenters. The third-order valence-corrected chi connectivity index (χ3v) is 3.71. The fourth-order valence-electron chi connectivity index (χ4n) is 2.38. The standard InChI is InChI=1S/C19H20N4O2/c1-24-18(25-2)13-21-17-12-16(14-8-10-20-11-9-14)22-19(23-17)15-6-4-3-5-7-15/h3-12,18H,13H2,1-2H3,(H,21,22,23). The summed E-state index contributed by atoms with van der Waals surface area (Å²) in [5.74, 6) is 1.36. The number of nitrogens with one attached hydrogen (secondary N) is 1. The van der Waals surface area contributed by atoms with Crippen molar-refractivity contribution in [3.8, 4) is 22.6 Å². The number of methoxy groups -OCH3 is 2. The first-order valence-electron chi connectivity index (χ1n) is 7.94. The van der Waals surface area contributed by atoms with Crippen molar-refractivity contribution in [2.24, 2.45) is 0 Å². The van der Waals surface area contributed by atoms with Crippen LogP contribution in [-0.2, 0) is 9.47 Å². The number of nitrogens with zero attached hydrogens (tertiary/aromatic N) is 3. The highest BCUT2D eigenvalue weighted by molar-refractivity contribution is 5.67. The molecule has 6 nitrogen and oxygen atoms in total. The zero-order chi connectivity index (χ0) is 17.5. The van der Waals surface area contributed by atoms with E-state index in [1.807, 2.05) is 48.5 Å². The van der Waals surface area contributed by atoms with Gasteiger partial charge in [0.1, 0.15) is 5.82 Å². The molecular formula is C19H20N4O2. The van der Waals surface area contributed by atoms with Gasteiger partial charge in [0, 0.05) is 43.8 Å². The number of hydrogen-bond acceptors (Lipinski definition) is 6. The van der Waals surface area contributed by atoms with Crippen molar-refractivity contribution in [1.82, 2.24) is 15.0 Å². The fourth-order valence-corrected chi connectivity index (χ4v) is 2.38. The smallest absolute Gasteiger partial charge is 0.173 e. The Morgan fingerprint density at radius 3 is 2.32 bits per heavy atom. The maximum absolute atomic E-state index is 5.21. The third kappa shape index (κ3) is 4.37. The molecular weight excluding hydrogens is 316 g/mol. The molecule has 128 valence electrons. The molecule has 0 amide bonds. The summed E-state index contributed by atoms with van der Waals surface area (Å²) in [5.41, 5.74) is 2.76. The van der Waals surface area contributed by atoms with Crippen molar-refractivity contribution < 1.29 is 9.47 Å². The molecule has 0 radical (unpaired) electrons. The van der Waals surface area contributed by atoms with Crippen LogP contribution in [0.25, 0.3) is 22.6 Å². The Balaban J connectivity index is 1.97. The van der Waals surface area contributed by atoms with Crippen molar-refractivity contribution in [3.63, 3.8) is 0 Å². The van der Waals surface area contributed by atoms with E-state index in [0.717, 1.165) is 16.8 Å². The zero-order valence-corrected chi connectivity index (χ0v) is 14.2. The van der Waals surface area contributed by atoms with E-state index < -0.39 is 0 Å². The molecule has 0 fully saturated rings. The molecule has 0 spiro atoms. The summed E-state index contributed by atoms with van der Waals surface area (Å²) in [7, 11) is 3.21. The van der Waals surface area contributed by atoms with E-state index in [1.54, 1.807) is 26.6 Å². The molecule has 2 heterocycles. The maximum Gasteiger partial charge on any atom is 0.173 e. The molecule has 1 N–H and O–H groups in total. The largest absolute Gasteiger partial charge is 0.365 e. The average molecular weight is 336 g/mol. The van der Waals surface area contributed by atoms with Gasteiger partial charge in [0.15, 0.2) is 12.1 Å². The molecule has 1 aromatic carbocycles. The monoisotopic (exact) mass is 336 g/mol. The van der Waals surface area contributed by atoms with Crippen LogP contribution in [-0.4, -0.2) is 42.0 Å². The van der Waals surface area contributed by atoms with Gasteiger partial charge in [-0.05, 0) is 12.1 Å². The van der Waals surface area contributed by atoms with E-state index in [4.69, 9.17) is 14.5 Å². The molecule has 0 aliphatic rings. The van der Waals surface area contributed by atoms with E-state index in [2.05, 4.69) is 15.3 Å². The van der Waals surface area contributed by atoms with Crippen molar-refractivity contribution in [3.05, 3.63) is 60.9 Å². The molecule has 0 saturated carbocycles. The van der Waals surface area contributed by atoms with Gasteiger partial charge in [0.2, 0.25) is 0 Å². The van der Waals surface area contributed by atoms with Crippen LogP contribution < -0.4 is 5.32 Å². The fraction of sp³-hybridized carbons (Fsp3) is 0.211. The first kappa shape index (κ1) is 17.0. The minimum atomic E-state index is -0.348. The second kappa shape index (κ2) is 8.32. The maximum atomic E-state index is 5.21. The summed E-state index contributed by atoms with van der Waals surface area (Å²) in [4.78, 5) is 13.4. The van der Waals surface area contributed by atoms with Crippen LogP contribution in [0.2, 0.25) is 0 Å². The molecule has 0 aliphatic carbocycles. The van der Waals surface area contributed by atoms with E-state index in [-0.39, 0.29) is 6.29 Å². The summed E-state index contributed by atoms with van der Waals surface area (Å²) in [6.45, 7) is 0.480. The van der Waals surface area contributed by atoms with Crippen molar-refractivity contribution >= 4 is 5.82 Å². The van der Waals surface area contributed by atoms with Crippen LogP contribution in [0.15, 0.2) is 60.9 Å². The number of anilines is 1. The van der Waals surface area contributed by atoms with E-state index in [1.165, 1.54) is 0 Å². The molecule has 3 aromatic rings. The molecule has 0 atom stereocenters. The van der Waals surface area contributed by atoms with Crippen molar-refractivity contribution in [2.45, 2.75) is 6.29 Å². The summed E-state index contributed by atoms with van der Waals surface area (Å²) in [5, 5.41) is 3.25. The number of pyridine rings is 1. The van der Waals surface area contributed by atoms with Crippen LogP contribution >= 0.6 is 0 Å². The first-order chi connectivity index (χ1) is 12.3. The number of ether oxygens (including phenoxy) is 2. The predicted molar refractivity (Wildman–Crippen MR) is 97.0 cm³/mol. The van der Waals surface area contributed by atoms with Crippen LogP contribution in [0.3, 0.4) is 0 Å². The Labute approximate surface area is 146 Å². The van der Waals surface area contributed by atoms with Crippen LogP contribution in [0.1, 0.15) is 0 Å². The van der Waals surface area contributed by atoms with Gasteiger partial charge in [0.05, 0.1) is 12.2 Å². The third-order valence-electron chi connectivity index (χ3n) is 3.71. The summed E-state index contributed by atoms with van der Waals surface area (Å²) >= 11 is 0. The van der Waals surface area contributed by atoms with Gasteiger partial charge in [-0.1, -0.05) is 30.3 Å². The Morgan fingerprint density at radius 2 is 1.64 bits per heavy atom. The van der Waals surface area contributed by atoms with Gasteiger partial charge in [-0.2, -0.15) is 0 Å². The molecule has 2 aromatic heterocycles. The lowest BCUT2D eigenvalue weighted by atomic mass is 10.1. The van der Waals surface area contributed by atoms with Crippen molar-refractivity contribution in [2.75, 3.05) is 26.1 Å². The van der Waals surface area contributed by atoms with Gasteiger partial charge in [-0.15, -0.1) is 0 Å². The summed E-state index contributed by atoms with van der Waals surface area (Å²) in [6.07, 6.45) is 3.15. The Bertz CT molecular complexity index is 735. The minimum Gasteiger partial charge on any atom is -0.365 e. The number of rotatable bonds is 7. The molecule has 3 rings (SSSR count). The van der Waals surface area contributed by atoms with Gasteiger partial charge in [-0.3, -0.25) is 4.98 Å². The SMILES string of the molecule is COC(CNc1cc(-c2ccncc2)nc(-c2ccccc2)n1)OC. The van der Waals surface area contributed by atoms with E-state index in [0.29, 0.717) is 18.2 Å². The lowest BCUT2D eigenvalue weighted by Gasteiger charge is -2.15. The minimum absolute atomic E-state index is 0.348. The molecule has 0 bridgehead atoms. The van der Waals surface area contributed by atoms with E-state index >= 15 is 0 Å². The second-order valence-electron chi connectivity index (χ2n) is 5.35. The van der Waals surface area contributed by atoms with Gasteiger partial charge >= 0.3 is 0 Å². The highest BCUT2D eigenvalue weighted by Gasteiger charge is 2.10. The van der Waals surface area contributed by atoms with Gasteiger partial charge < -0.3 is 14.8 Å². The second-order valence-corrected chi connectivity index (χ2v) is 5.35. The molecule has 0 saturated heterocycles. The predicted octanol–water partition coefficient (Wildman–Crippen LogP) is 3.24. The first-order valence-corrected chi connectivity index (χ1v) is 7.94. The normalized spacial score (nSPS) is 10.8. The zero-order valence-electron chi connectivity index (χ0n) is 14.2. The highest BCUT2D eigenvalue weighted by atomic mass is 16.7. The Morgan fingerprint density at radius 1 is 0.920 bits per heavy atom. The van der Waals surface area contributed by atoms with Gasteiger partial charge in [-0.25, -0.2) is 9.97 Å². The topological polar surface area (TPSA) is 69.2 Å². The Hall–Kier alpha value is -2.83.